The number of aliphatic hydroxyl groups excluding tert-OH is 1. The molecule has 0 heterocycles. The molecular weight excluding hydrogens is 156 g/mol. The molecule has 0 aromatic heterocycles. The Morgan fingerprint density at radius 3 is 2.42 bits per heavy atom. The van der Waals surface area contributed by atoms with Gasteiger partial charge in [-0.1, -0.05) is 0 Å². The van der Waals surface area contributed by atoms with Crippen molar-refractivity contribution >= 4 is 5.91 Å². The third kappa shape index (κ3) is 3.19. The van der Waals surface area contributed by atoms with E-state index in [0.717, 1.165) is 0 Å². The highest BCUT2D eigenvalue weighted by Gasteiger charge is 2.25. The zero-order chi connectivity index (χ0) is 9.78. The zero-order valence-electron chi connectivity index (χ0n) is 8.14. The van der Waals surface area contributed by atoms with Crippen molar-refractivity contribution in [1.82, 2.24) is 10.6 Å². The number of likely N-dealkylation sites (N-methyl/N-ethyl adjacent to an activating group) is 1. The van der Waals surface area contributed by atoms with Crippen LogP contribution in [0.1, 0.15) is 20.8 Å². The first-order chi connectivity index (χ1) is 5.44. The van der Waals surface area contributed by atoms with Crippen LogP contribution in [0.25, 0.3) is 0 Å². The maximum absolute atomic E-state index is 11.4. The van der Waals surface area contributed by atoms with Crippen LogP contribution >= 0.6 is 0 Å². The van der Waals surface area contributed by atoms with E-state index in [4.69, 9.17) is 5.11 Å². The van der Waals surface area contributed by atoms with E-state index in [-0.39, 0.29) is 18.6 Å². The number of nitrogens with one attached hydrogen (secondary N) is 2. The highest BCUT2D eigenvalue weighted by Crippen LogP contribution is 2.00. The van der Waals surface area contributed by atoms with Crippen molar-refractivity contribution in [2.45, 2.75) is 32.4 Å². The first-order valence-corrected chi connectivity index (χ1v) is 4.04. The van der Waals surface area contributed by atoms with Gasteiger partial charge in [0.1, 0.15) is 0 Å². The topological polar surface area (TPSA) is 61.4 Å². The average molecular weight is 174 g/mol. The largest absolute Gasteiger partial charge is 0.394 e. The number of amides is 1. The minimum absolute atomic E-state index is 0.0362. The number of carbonyl (C=O) groups excluding carboxylic acids is 1. The summed E-state index contributed by atoms with van der Waals surface area (Å²) in [5, 5.41) is 14.2. The molecule has 0 unspecified atom stereocenters. The molecule has 3 N–H and O–H groups in total. The molecular formula is C8H18N2O2. The molecule has 0 saturated carbocycles. The molecule has 1 atom stereocenters. The first kappa shape index (κ1) is 11.4. The molecule has 0 radical (unpaired) electrons. The predicted molar refractivity (Wildman–Crippen MR) is 47.8 cm³/mol. The average Bonchev–Trinajstić information content (AvgIpc) is 2.04. The van der Waals surface area contributed by atoms with E-state index in [1.807, 2.05) is 0 Å². The number of hydrogen-bond acceptors (Lipinski definition) is 3. The molecule has 0 saturated heterocycles. The van der Waals surface area contributed by atoms with E-state index in [2.05, 4.69) is 10.6 Å². The Kier molecular flexibility index (Phi) is 4.20. The Bertz CT molecular complexity index is 157. The molecule has 1 amide bonds. The van der Waals surface area contributed by atoms with E-state index in [1.54, 1.807) is 27.8 Å². The molecule has 0 aliphatic rings. The van der Waals surface area contributed by atoms with Crippen LogP contribution in [0.2, 0.25) is 0 Å². The van der Waals surface area contributed by atoms with Crippen LogP contribution in [0.3, 0.4) is 0 Å². The molecule has 4 heteroatoms. The van der Waals surface area contributed by atoms with Gasteiger partial charge in [0, 0.05) is 6.04 Å². The molecule has 0 aromatic carbocycles. The summed E-state index contributed by atoms with van der Waals surface area (Å²) in [5.74, 6) is -0.105. The third-order valence-corrected chi connectivity index (χ3v) is 1.84. The third-order valence-electron chi connectivity index (χ3n) is 1.84. The van der Waals surface area contributed by atoms with Gasteiger partial charge in [0.25, 0.3) is 0 Å². The van der Waals surface area contributed by atoms with Gasteiger partial charge in [-0.3, -0.25) is 4.79 Å². The summed E-state index contributed by atoms with van der Waals surface area (Å²) in [6.07, 6.45) is 0. The van der Waals surface area contributed by atoms with E-state index in [0.29, 0.717) is 0 Å². The zero-order valence-corrected chi connectivity index (χ0v) is 8.14. The van der Waals surface area contributed by atoms with Crippen molar-refractivity contribution in [3.8, 4) is 0 Å². The van der Waals surface area contributed by atoms with E-state index in [1.165, 1.54) is 0 Å². The Morgan fingerprint density at radius 2 is 2.08 bits per heavy atom. The summed E-state index contributed by atoms with van der Waals surface area (Å²) in [6, 6.07) is -0.190. The predicted octanol–water partition coefficient (Wildman–Crippen LogP) is -0.519. The first-order valence-electron chi connectivity index (χ1n) is 4.04. The molecule has 0 bridgehead atoms. The van der Waals surface area contributed by atoms with Gasteiger partial charge in [0.05, 0.1) is 12.1 Å². The molecule has 0 spiro atoms. The monoisotopic (exact) mass is 174 g/mol. The van der Waals surface area contributed by atoms with Gasteiger partial charge in [0.2, 0.25) is 5.91 Å². The van der Waals surface area contributed by atoms with Gasteiger partial charge in [-0.2, -0.15) is 0 Å². The lowest BCUT2D eigenvalue weighted by molar-refractivity contribution is -0.127. The molecule has 0 aromatic rings. The number of carbonyl (C=O) groups is 1. The van der Waals surface area contributed by atoms with Gasteiger partial charge in [-0.05, 0) is 27.8 Å². The van der Waals surface area contributed by atoms with Crippen LogP contribution < -0.4 is 10.6 Å². The summed E-state index contributed by atoms with van der Waals surface area (Å²) in [7, 11) is 1.73. The van der Waals surface area contributed by atoms with Crippen molar-refractivity contribution in [3.63, 3.8) is 0 Å². The lowest BCUT2D eigenvalue weighted by Gasteiger charge is -2.24. The fourth-order valence-corrected chi connectivity index (χ4v) is 0.563. The summed E-state index contributed by atoms with van der Waals surface area (Å²) >= 11 is 0. The molecule has 0 rings (SSSR count). The van der Waals surface area contributed by atoms with Crippen molar-refractivity contribution in [2.75, 3.05) is 13.7 Å². The minimum atomic E-state index is -0.580. The van der Waals surface area contributed by atoms with Crippen molar-refractivity contribution < 1.29 is 9.90 Å². The smallest absolute Gasteiger partial charge is 0.240 e. The van der Waals surface area contributed by atoms with E-state index < -0.39 is 5.54 Å². The summed E-state index contributed by atoms with van der Waals surface area (Å²) in [4.78, 5) is 11.4. The van der Waals surface area contributed by atoms with Crippen molar-refractivity contribution in [3.05, 3.63) is 0 Å². The number of aliphatic hydroxyl groups is 1. The number of rotatable bonds is 4. The maximum atomic E-state index is 11.4. The van der Waals surface area contributed by atoms with Gasteiger partial charge in [-0.15, -0.1) is 0 Å². The van der Waals surface area contributed by atoms with Crippen LogP contribution in [0, 0.1) is 0 Å². The van der Waals surface area contributed by atoms with E-state index >= 15 is 0 Å². The van der Waals surface area contributed by atoms with Crippen molar-refractivity contribution in [1.29, 1.82) is 0 Å². The fraction of sp³-hybridized carbons (Fsp3) is 0.875. The van der Waals surface area contributed by atoms with Gasteiger partial charge in [-0.25, -0.2) is 0 Å². The second-order valence-electron chi connectivity index (χ2n) is 3.43. The second kappa shape index (κ2) is 4.42. The summed E-state index contributed by atoms with van der Waals surface area (Å²) in [6.45, 7) is 5.29. The quantitative estimate of drug-likeness (QED) is 0.537. The molecule has 72 valence electrons. The standard InChI is InChI=1S/C8H18N2O2/c1-6(5-11)10-7(12)8(2,3)9-4/h6,9,11H,5H2,1-4H3,(H,10,12)/t6-/m0/s1. The Labute approximate surface area is 73.3 Å². The van der Waals surface area contributed by atoms with Crippen LogP contribution in [0.4, 0.5) is 0 Å². The van der Waals surface area contributed by atoms with Crippen LogP contribution in [0.5, 0.6) is 0 Å². The van der Waals surface area contributed by atoms with E-state index in [9.17, 15) is 4.79 Å². The fourth-order valence-electron chi connectivity index (χ4n) is 0.563. The molecule has 0 aliphatic heterocycles. The van der Waals surface area contributed by atoms with Gasteiger partial charge < -0.3 is 15.7 Å². The normalized spacial score (nSPS) is 14.1. The lowest BCUT2D eigenvalue weighted by atomic mass is 10.0. The SMILES string of the molecule is CNC(C)(C)C(=O)N[C@@H](C)CO. The van der Waals surface area contributed by atoms with Gasteiger partial charge in [0.15, 0.2) is 0 Å². The lowest BCUT2D eigenvalue weighted by Crippen LogP contribution is -2.53. The minimum Gasteiger partial charge on any atom is -0.394 e. The maximum Gasteiger partial charge on any atom is 0.240 e. The number of hydrogen-bond donors (Lipinski definition) is 3. The summed E-state index contributed by atoms with van der Waals surface area (Å²) in [5.41, 5.74) is -0.580. The van der Waals surface area contributed by atoms with Gasteiger partial charge >= 0.3 is 0 Å². The molecule has 0 fully saturated rings. The Morgan fingerprint density at radius 1 is 1.58 bits per heavy atom. The summed E-state index contributed by atoms with van der Waals surface area (Å²) < 4.78 is 0. The highest BCUT2D eigenvalue weighted by molar-refractivity contribution is 5.85. The van der Waals surface area contributed by atoms with Crippen LogP contribution in [-0.2, 0) is 4.79 Å². The van der Waals surface area contributed by atoms with Crippen molar-refractivity contribution in [2.24, 2.45) is 0 Å². The molecule has 12 heavy (non-hydrogen) atoms. The van der Waals surface area contributed by atoms with Crippen LogP contribution in [0.15, 0.2) is 0 Å². The van der Waals surface area contributed by atoms with Crippen LogP contribution in [-0.4, -0.2) is 36.2 Å². The molecule has 0 aliphatic carbocycles. The Hall–Kier alpha value is -0.610. The second-order valence-corrected chi connectivity index (χ2v) is 3.43. The highest BCUT2D eigenvalue weighted by atomic mass is 16.3. The molecule has 4 nitrogen and oxygen atoms in total. The Balaban J connectivity index is 4.03.